The van der Waals surface area contributed by atoms with Gasteiger partial charge < -0.3 is 4.90 Å². The second-order valence-electron chi connectivity index (χ2n) is 6.71. The standard InChI is InChI=1S/C22H25N3S/c1-2-19-11-6-12-20-21(19)23-22(26-20)25-16-14-24(15-17-25)13-7-10-18-8-4-3-5-9-18/h3-12H,2,13-17H2,1H3/b10-7+. The van der Waals surface area contributed by atoms with E-state index in [1.54, 1.807) is 0 Å². The van der Waals surface area contributed by atoms with Gasteiger partial charge in [0.2, 0.25) is 0 Å². The molecule has 1 aromatic heterocycles. The topological polar surface area (TPSA) is 19.4 Å². The highest BCUT2D eigenvalue weighted by Gasteiger charge is 2.19. The molecule has 134 valence electrons. The van der Waals surface area contributed by atoms with Gasteiger partial charge in [-0.1, -0.05) is 72.9 Å². The maximum absolute atomic E-state index is 4.95. The Labute approximate surface area is 159 Å². The minimum absolute atomic E-state index is 1.02. The summed E-state index contributed by atoms with van der Waals surface area (Å²) >= 11 is 1.83. The Kier molecular flexibility index (Phi) is 5.32. The molecule has 2 aromatic carbocycles. The van der Waals surface area contributed by atoms with Gasteiger partial charge in [-0.2, -0.15) is 0 Å². The molecule has 1 aliphatic rings. The quantitative estimate of drug-likeness (QED) is 0.655. The molecule has 2 heterocycles. The van der Waals surface area contributed by atoms with Gasteiger partial charge in [-0.3, -0.25) is 4.90 Å². The lowest BCUT2D eigenvalue weighted by atomic mass is 10.1. The van der Waals surface area contributed by atoms with Crippen molar-refractivity contribution in [2.75, 3.05) is 37.6 Å². The molecule has 26 heavy (non-hydrogen) atoms. The van der Waals surface area contributed by atoms with Crippen LogP contribution in [0.15, 0.2) is 54.6 Å². The van der Waals surface area contributed by atoms with E-state index >= 15 is 0 Å². The van der Waals surface area contributed by atoms with Crippen LogP contribution in [-0.4, -0.2) is 42.6 Å². The average Bonchev–Trinajstić information content (AvgIpc) is 3.14. The molecule has 0 unspecified atom stereocenters. The minimum atomic E-state index is 1.02. The monoisotopic (exact) mass is 363 g/mol. The van der Waals surface area contributed by atoms with Gasteiger partial charge in [-0.15, -0.1) is 0 Å². The summed E-state index contributed by atoms with van der Waals surface area (Å²) in [4.78, 5) is 9.91. The SMILES string of the molecule is CCc1cccc2sc(N3CCN(C/C=C/c4ccccc4)CC3)nc12. The number of para-hydroxylation sites is 1. The van der Waals surface area contributed by atoms with Crippen LogP contribution in [0.5, 0.6) is 0 Å². The van der Waals surface area contributed by atoms with Crippen LogP contribution in [0, 0.1) is 0 Å². The fourth-order valence-corrected chi connectivity index (χ4v) is 4.50. The zero-order valence-corrected chi connectivity index (χ0v) is 16.1. The van der Waals surface area contributed by atoms with Gasteiger partial charge in [-0.05, 0) is 23.6 Å². The third kappa shape index (κ3) is 3.81. The Morgan fingerprint density at radius 2 is 1.81 bits per heavy atom. The van der Waals surface area contributed by atoms with Crippen LogP contribution < -0.4 is 4.90 Å². The summed E-state index contributed by atoms with van der Waals surface area (Å²) in [5.74, 6) is 0. The van der Waals surface area contributed by atoms with Gasteiger partial charge >= 0.3 is 0 Å². The Morgan fingerprint density at radius 1 is 1.00 bits per heavy atom. The highest BCUT2D eigenvalue weighted by atomic mass is 32.1. The van der Waals surface area contributed by atoms with Crippen LogP contribution in [0.25, 0.3) is 16.3 Å². The van der Waals surface area contributed by atoms with Crippen LogP contribution in [0.2, 0.25) is 0 Å². The molecule has 0 N–H and O–H groups in total. The van der Waals surface area contributed by atoms with Gasteiger partial charge in [0.1, 0.15) is 0 Å². The summed E-state index contributed by atoms with van der Waals surface area (Å²) in [5.41, 5.74) is 3.82. The highest BCUT2D eigenvalue weighted by molar-refractivity contribution is 7.22. The van der Waals surface area contributed by atoms with Crippen LogP contribution in [-0.2, 0) is 6.42 Å². The van der Waals surface area contributed by atoms with E-state index in [-0.39, 0.29) is 0 Å². The summed E-state index contributed by atoms with van der Waals surface area (Å²) < 4.78 is 1.31. The molecule has 1 aliphatic heterocycles. The normalized spacial score (nSPS) is 16.0. The Balaban J connectivity index is 1.35. The number of fused-ring (bicyclic) bond motifs is 1. The highest BCUT2D eigenvalue weighted by Crippen LogP contribution is 2.31. The fourth-order valence-electron chi connectivity index (χ4n) is 3.44. The van der Waals surface area contributed by atoms with Gasteiger partial charge in [0, 0.05) is 32.7 Å². The predicted octanol–water partition coefficient (Wildman–Crippen LogP) is 4.69. The largest absolute Gasteiger partial charge is 0.345 e. The maximum Gasteiger partial charge on any atom is 0.186 e. The summed E-state index contributed by atoms with van der Waals surface area (Å²) in [7, 11) is 0. The van der Waals surface area contributed by atoms with Crippen molar-refractivity contribution in [2.45, 2.75) is 13.3 Å². The zero-order valence-electron chi connectivity index (χ0n) is 15.3. The number of rotatable bonds is 5. The third-order valence-electron chi connectivity index (χ3n) is 4.99. The first-order chi connectivity index (χ1) is 12.8. The van der Waals surface area contributed by atoms with Crippen LogP contribution in [0.1, 0.15) is 18.1 Å². The van der Waals surface area contributed by atoms with E-state index in [1.165, 1.54) is 26.5 Å². The lowest BCUT2D eigenvalue weighted by molar-refractivity contribution is 0.284. The van der Waals surface area contributed by atoms with E-state index < -0.39 is 0 Å². The number of hydrogen-bond acceptors (Lipinski definition) is 4. The van der Waals surface area contributed by atoms with Gasteiger partial charge in [0.25, 0.3) is 0 Å². The smallest absolute Gasteiger partial charge is 0.186 e. The molecule has 1 saturated heterocycles. The summed E-state index contributed by atoms with van der Waals surface area (Å²) in [5, 5.41) is 1.18. The van der Waals surface area contributed by atoms with Crippen molar-refractivity contribution in [1.29, 1.82) is 0 Å². The van der Waals surface area contributed by atoms with E-state index in [1.807, 2.05) is 11.3 Å². The molecule has 0 atom stereocenters. The first-order valence-electron chi connectivity index (χ1n) is 9.41. The van der Waals surface area contributed by atoms with Crippen molar-refractivity contribution in [3.05, 3.63) is 65.7 Å². The number of benzene rings is 2. The number of nitrogens with zero attached hydrogens (tertiary/aromatic N) is 3. The third-order valence-corrected chi connectivity index (χ3v) is 6.07. The van der Waals surface area contributed by atoms with Gasteiger partial charge in [-0.25, -0.2) is 4.98 Å². The Morgan fingerprint density at radius 3 is 2.58 bits per heavy atom. The number of aromatic nitrogens is 1. The second-order valence-corrected chi connectivity index (χ2v) is 7.72. The van der Waals surface area contributed by atoms with Crippen molar-refractivity contribution in [1.82, 2.24) is 9.88 Å². The Hall–Kier alpha value is -2.17. The van der Waals surface area contributed by atoms with E-state index in [0.29, 0.717) is 0 Å². The molecule has 4 rings (SSSR count). The maximum atomic E-state index is 4.95. The molecule has 0 aliphatic carbocycles. The number of hydrogen-bond donors (Lipinski definition) is 0. The second kappa shape index (κ2) is 8.02. The summed E-state index contributed by atoms with van der Waals surface area (Å²) in [6.45, 7) is 7.52. The number of anilines is 1. The van der Waals surface area contributed by atoms with Crippen molar-refractivity contribution in [3.63, 3.8) is 0 Å². The molecule has 0 radical (unpaired) electrons. The molecule has 1 fully saturated rings. The lowest BCUT2D eigenvalue weighted by Crippen LogP contribution is -2.46. The molecule has 0 spiro atoms. The summed E-state index contributed by atoms with van der Waals surface area (Å²) in [6, 6.07) is 17.1. The van der Waals surface area contributed by atoms with E-state index in [9.17, 15) is 0 Å². The number of aryl methyl sites for hydroxylation is 1. The van der Waals surface area contributed by atoms with Crippen molar-refractivity contribution in [3.8, 4) is 0 Å². The summed E-state index contributed by atoms with van der Waals surface area (Å²) in [6.07, 6.45) is 5.53. The molecular formula is C22H25N3S. The van der Waals surface area contributed by atoms with Crippen LogP contribution in [0.4, 0.5) is 5.13 Å². The van der Waals surface area contributed by atoms with Gasteiger partial charge in [0.05, 0.1) is 10.2 Å². The zero-order chi connectivity index (χ0) is 17.8. The molecule has 0 bridgehead atoms. The number of thiazole rings is 1. The van der Waals surface area contributed by atoms with Gasteiger partial charge in [0.15, 0.2) is 5.13 Å². The van der Waals surface area contributed by atoms with E-state index in [4.69, 9.17) is 4.98 Å². The molecule has 0 saturated carbocycles. The van der Waals surface area contributed by atoms with Crippen molar-refractivity contribution >= 4 is 32.8 Å². The van der Waals surface area contributed by atoms with Crippen LogP contribution in [0.3, 0.4) is 0 Å². The molecule has 4 heteroatoms. The molecular weight excluding hydrogens is 338 g/mol. The van der Waals surface area contributed by atoms with E-state index in [2.05, 4.69) is 77.4 Å². The lowest BCUT2D eigenvalue weighted by Gasteiger charge is -2.33. The fraction of sp³-hybridized carbons (Fsp3) is 0.318. The molecule has 3 aromatic rings. The average molecular weight is 364 g/mol. The van der Waals surface area contributed by atoms with E-state index in [0.717, 1.165) is 39.1 Å². The van der Waals surface area contributed by atoms with Crippen molar-refractivity contribution < 1.29 is 0 Å². The first kappa shape index (κ1) is 17.3. The van der Waals surface area contributed by atoms with Crippen molar-refractivity contribution in [2.24, 2.45) is 0 Å². The first-order valence-corrected chi connectivity index (χ1v) is 10.2. The van der Waals surface area contributed by atoms with Crippen LogP contribution >= 0.6 is 11.3 Å². The minimum Gasteiger partial charge on any atom is -0.345 e. The Bertz CT molecular complexity index is 877. The molecule has 3 nitrogen and oxygen atoms in total. The number of piperazine rings is 1. The predicted molar refractivity (Wildman–Crippen MR) is 113 cm³/mol. The molecule has 0 amide bonds.